The SMILES string of the molecule is CCOCC(=O)N1CCCC1c1nc(CCOCC2CCCC2)no1. The number of amides is 1. The Hall–Kier alpha value is -1.47. The Morgan fingerprint density at radius 2 is 2.08 bits per heavy atom. The van der Waals surface area contributed by atoms with Gasteiger partial charge in [0.1, 0.15) is 12.6 Å². The number of hydrogen-bond donors (Lipinski definition) is 0. The second kappa shape index (κ2) is 9.29. The lowest BCUT2D eigenvalue weighted by Gasteiger charge is -2.21. The van der Waals surface area contributed by atoms with Gasteiger partial charge >= 0.3 is 0 Å². The van der Waals surface area contributed by atoms with E-state index in [2.05, 4.69) is 10.1 Å². The molecule has 1 aliphatic heterocycles. The minimum atomic E-state index is -0.117. The van der Waals surface area contributed by atoms with E-state index in [1.807, 2.05) is 6.92 Å². The topological polar surface area (TPSA) is 77.7 Å². The number of likely N-dealkylation sites (tertiary alicyclic amines) is 1. The molecule has 7 nitrogen and oxygen atoms in total. The molecule has 1 amide bonds. The van der Waals surface area contributed by atoms with Crippen molar-refractivity contribution in [2.24, 2.45) is 5.92 Å². The van der Waals surface area contributed by atoms with Crippen LogP contribution in [0.4, 0.5) is 0 Å². The normalized spacial score (nSPS) is 21.3. The molecule has 7 heteroatoms. The molecule has 1 saturated heterocycles. The molecular formula is C18H29N3O4. The Morgan fingerprint density at radius 1 is 1.24 bits per heavy atom. The van der Waals surface area contributed by atoms with E-state index in [0.717, 1.165) is 31.9 Å². The van der Waals surface area contributed by atoms with Crippen molar-refractivity contribution < 1.29 is 18.8 Å². The van der Waals surface area contributed by atoms with Gasteiger partial charge in [-0.3, -0.25) is 4.79 Å². The summed E-state index contributed by atoms with van der Waals surface area (Å²) < 4.78 is 16.4. The van der Waals surface area contributed by atoms with Crippen molar-refractivity contribution in [1.82, 2.24) is 15.0 Å². The molecule has 0 radical (unpaired) electrons. The summed E-state index contributed by atoms with van der Waals surface area (Å²) in [6.45, 7) is 4.71. The molecule has 2 aliphatic rings. The van der Waals surface area contributed by atoms with Gasteiger partial charge in [-0.2, -0.15) is 4.98 Å². The Bertz CT molecular complexity index is 542. The molecule has 140 valence electrons. The third kappa shape index (κ3) is 5.01. The molecule has 0 N–H and O–H groups in total. The second-order valence-corrected chi connectivity index (χ2v) is 6.91. The predicted molar refractivity (Wildman–Crippen MR) is 91.0 cm³/mol. The first-order chi connectivity index (χ1) is 12.3. The largest absolute Gasteiger partial charge is 0.381 e. The Kier molecular flexibility index (Phi) is 6.81. The minimum absolute atomic E-state index is 0.0102. The molecular weight excluding hydrogens is 322 g/mol. The zero-order valence-corrected chi connectivity index (χ0v) is 15.1. The summed E-state index contributed by atoms with van der Waals surface area (Å²) >= 11 is 0. The van der Waals surface area contributed by atoms with E-state index in [0.29, 0.717) is 31.3 Å². The first kappa shape index (κ1) is 18.3. The lowest BCUT2D eigenvalue weighted by molar-refractivity contribution is -0.137. The summed E-state index contributed by atoms with van der Waals surface area (Å²) in [5.74, 6) is 1.91. The van der Waals surface area contributed by atoms with E-state index < -0.39 is 0 Å². The van der Waals surface area contributed by atoms with Crippen LogP contribution in [0.5, 0.6) is 0 Å². The third-order valence-electron chi connectivity index (χ3n) is 5.07. The van der Waals surface area contributed by atoms with E-state index in [4.69, 9.17) is 14.0 Å². The highest BCUT2D eigenvalue weighted by molar-refractivity contribution is 5.78. The maximum Gasteiger partial charge on any atom is 0.249 e. The van der Waals surface area contributed by atoms with E-state index in [-0.39, 0.29) is 18.6 Å². The van der Waals surface area contributed by atoms with Crippen LogP contribution in [0.25, 0.3) is 0 Å². The van der Waals surface area contributed by atoms with Crippen molar-refractivity contribution in [1.29, 1.82) is 0 Å². The highest BCUT2D eigenvalue weighted by atomic mass is 16.5. The van der Waals surface area contributed by atoms with Gasteiger partial charge in [-0.15, -0.1) is 0 Å². The van der Waals surface area contributed by atoms with Gasteiger partial charge in [0.2, 0.25) is 11.8 Å². The van der Waals surface area contributed by atoms with Crippen LogP contribution >= 0.6 is 0 Å². The first-order valence-corrected chi connectivity index (χ1v) is 9.55. The van der Waals surface area contributed by atoms with Gasteiger partial charge in [0.25, 0.3) is 0 Å². The average Bonchev–Trinajstić information content (AvgIpc) is 3.37. The van der Waals surface area contributed by atoms with E-state index >= 15 is 0 Å². The van der Waals surface area contributed by atoms with E-state index in [1.54, 1.807) is 4.90 Å². The first-order valence-electron chi connectivity index (χ1n) is 9.55. The molecule has 1 unspecified atom stereocenters. The third-order valence-corrected chi connectivity index (χ3v) is 5.07. The molecule has 3 rings (SSSR count). The van der Waals surface area contributed by atoms with Crippen molar-refractivity contribution in [3.8, 4) is 0 Å². The van der Waals surface area contributed by atoms with Crippen LogP contribution in [-0.4, -0.2) is 53.9 Å². The van der Waals surface area contributed by atoms with Gasteiger partial charge in [-0.05, 0) is 38.5 Å². The molecule has 1 aromatic heterocycles. The molecule has 2 fully saturated rings. The molecule has 1 aromatic rings. The molecule has 1 saturated carbocycles. The summed E-state index contributed by atoms with van der Waals surface area (Å²) in [5, 5.41) is 4.05. The van der Waals surface area contributed by atoms with Crippen LogP contribution in [0.2, 0.25) is 0 Å². The molecule has 0 aromatic carbocycles. The van der Waals surface area contributed by atoms with E-state index in [9.17, 15) is 4.79 Å². The second-order valence-electron chi connectivity index (χ2n) is 6.91. The fourth-order valence-corrected chi connectivity index (χ4v) is 3.69. The highest BCUT2D eigenvalue weighted by Gasteiger charge is 2.33. The lowest BCUT2D eigenvalue weighted by atomic mass is 10.1. The van der Waals surface area contributed by atoms with Gasteiger partial charge in [0.05, 0.1) is 6.61 Å². The molecule has 2 heterocycles. The van der Waals surface area contributed by atoms with Crippen LogP contribution in [0.3, 0.4) is 0 Å². The van der Waals surface area contributed by atoms with Gasteiger partial charge in [-0.1, -0.05) is 18.0 Å². The number of hydrogen-bond acceptors (Lipinski definition) is 6. The van der Waals surface area contributed by atoms with Crippen LogP contribution in [0, 0.1) is 5.92 Å². The molecule has 0 bridgehead atoms. The molecule has 25 heavy (non-hydrogen) atoms. The molecule has 1 atom stereocenters. The predicted octanol–water partition coefficient (Wildman–Crippen LogP) is 2.52. The summed E-state index contributed by atoms with van der Waals surface area (Å²) in [6.07, 6.45) is 7.71. The zero-order valence-electron chi connectivity index (χ0n) is 15.1. The Labute approximate surface area is 149 Å². The van der Waals surface area contributed by atoms with Crippen molar-refractivity contribution in [2.75, 3.05) is 33.0 Å². The zero-order chi connectivity index (χ0) is 17.5. The van der Waals surface area contributed by atoms with Gasteiger partial charge < -0.3 is 18.9 Å². The lowest BCUT2D eigenvalue weighted by Crippen LogP contribution is -2.33. The number of ether oxygens (including phenoxy) is 2. The smallest absolute Gasteiger partial charge is 0.249 e. The highest BCUT2D eigenvalue weighted by Crippen LogP contribution is 2.31. The number of nitrogens with zero attached hydrogens (tertiary/aromatic N) is 3. The summed E-state index contributed by atoms with van der Waals surface area (Å²) in [6, 6.07) is -0.117. The van der Waals surface area contributed by atoms with Gasteiger partial charge in [0.15, 0.2) is 5.82 Å². The summed E-state index contributed by atoms with van der Waals surface area (Å²) in [5.41, 5.74) is 0. The van der Waals surface area contributed by atoms with Crippen molar-refractivity contribution in [3.05, 3.63) is 11.7 Å². The Balaban J connectivity index is 1.45. The number of rotatable bonds is 9. The number of carbonyl (C=O) groups excluding carboxylic acids is 1. The fourth-order valence-electron chi connectivity index (χ4n) is 3.69. The molecule has 0 spiro atoms. The number of carbonyl (C=O) groups is 1. The summed E-state index contributed by atoms with van der Waals surface area (Å²) in [4.78, 5) is 18.5. The minimum Gasteiger partial charge on any atom is -0.381 e. The standard InChI is InChI=1S/C18H29N3O4/c1-2-23-13-17(22)21-10-5-8-15(21)18-19-16(20-25-18)9-11-24-12-14-6-3-4-7-14/h14-15H,2-13H2,1H3. The number of aromatic nitrogens is 2. The average molecular weight is 351 g/mol. The fraction of sp³-hybridized carbons (Fsp3) is 0.833. The maximum atomic E-state index is 12.2. The quantitative estimate of drug-likeness (QED) is 0.636. The van der Waals surface area contributed by atoms with Crippen LogP contribution < -0.4 is 0 Å². The monoisotopic (exact) mass is 351 g/mol. The van der Waals surface area contributed by atoms with Crippen molar-refractivity contribution >= 4 is 5.91 Å². The molecule has 1 aliphatic carbocycles. The van der Waals surface area contributed by atoms with Crippen LogP contribution in [-0.2, 0) is 20.7 Å². The summed E-state index contributed by atoms with van der Waals surface area (Å²) in [7, 11) is 0. The van der Waals surface area contributed by atoms with Gasteiger partial charge in [-0.25, -0.2) is 0 Å². The van der Waals surface area contributed by atoms with Gasteiger partial charge in [0, 0.05) is 26.2 Å². The van der Waals surface area contributed by atoms with Crippen molar-refractivity contribution in [3.63, 3.8) is 0 Å². The van der Waals surface area contributed by atoms with Crippen LogP contribution in [0.1, 0.15) is 63.2 Å². The van der Waals surface area contributed by atoms with Crippen LogP contribution in [0.15, 0.2) is 4.52 Å². The van der Waals surface area contributed by atoms with Crippen molar-refractivity contribution in [2.45, 2.75) is 57.9 Å². The maximum absolute atomic E-state index is 12.2. The Morgan fingerprint density at radius 3 is 2.88 bits per heavy atom. The van der Waals surface area contributed by atoms with E-state index in [1.165, 1.54) is 25.7 Å².